The largest absolute Gasteiger partial charge is 0.484 e. The van der Waals surface area contributed by atoms with Crippen LogP contribution in [0.1, 0.15) is 34.1 Å². The molecular formula is C16H26N2O4S. The van der Waals surface area contributed by atoms with Gasteiger partial charge in [-0.1, -0.05) is 20.8 Å². The number of nitrogens with one attached hydrogen (secondary N) is 1. The van der Waals surface area contributed by atoms with Crippen molar-refractivity contribution in [3.8, 4) is 5.75 Å². The van der Waals surface area contributed by atoms with E-state index in [2.05, 4.69) is 5.32 Å². The second kappa shape index (κ2) is 8.88. The number of hydrogen-bond donors (Lipinski definition) is 1. The highest BCUT2D eigenvalue weighted by Crippen LogP contribution is 2.19. The van der Waals surface area contributed by atoms with Crippen molar-refractivity contribution in [2.45, 2.75) is 45.1 Å². The van der Waals surface area contributed by atoms with Crippen LogP contribution in [0.25, 0.3) is 0 Å². The van der Waals surface area contributed by atoms with Gasteiger partial charge in [0, 0.05) is 19.1 Å². The summed E-state index contributed by atoms with van der Waals surface area (Å²) in [5.74, 6) is 0.266. The van der Waals surface area contributed by atoms with Crippen molar-refractivity contribution in [2.75, 3.05) is 19.7 Å². The Balaban J connectivity index is 2.69. The van der Waals surface area contributed by atoms with Crippen molar-refractivity contribution in [1.82, 2.24) is 9.62 Å². The highest BCUT2D eigenvalue weighted by atomic mass is 32.2. The maximum Gasteiger partial charge on any atom is 0.258 e. The number of benzene rings is 1. The second-order valence-corrected chi connectivity index (χ2v) is 7.16. The van der Waals surface area contributed by atoms with E-state index in [9.17, 15) is 13.2 Å². The van der Waals surface area contributed by atoms with Crippen LogP contribution in [0, 0.1) is 0 Å². The normalized spacial score (nSPS) is 12.9. The Morgan fingerprint density at radius 1 is 1.17 bits per heavy atom. The van der Waals surface area contributed by atoms with Gasteiger partial charge in [-0.15, -0.1) is 0 Å². The highest BCUT2D eigenvalue weighted by molar-refractivity contribution is 7.89. The number of nitrogens with zero attached hydrogens (tertiary/aromatic N) is 1. The van der Waals surface area contributed by atoms with Gasteiger partial charge in [0.25, 0.3) is 5.91 Å². The predicted molar refractivity (Wildman–Crippen MR) is 89.9 cm³/mol. The van der Waals surface area contributed by atoms with Gasteiger partial charge in [0.15, 0.2) is 6.61 Å². The van der Waals surface area contributed by atoms with Gasteiger partial charge in [-0.25, -0.2) is 8.42 Å². The minimum atomic E-state index is -3.47. The summed E-state index contributed by atoms with van der Waals surface area (Å²) in [6.45, 7) is 8.26. The first kappa shape index (κ1) is 19.4. The molecule has 130 valence electrons. The fourth-order valence-electron chi connectivity index (χ4n) is 1.99. The number of sulfonamides is 1. The lowest BCUT2D eigenvalue weighted by Gasteiger charge is -2.18. The van der Waals surface area contributed by atoms with E-state index in [1.807, 2.05) is 13.8 Å². The van der Waals surface area contributed by atoms with Crippen LogP contribution in [0.3, 0.4) is 0 Å². The van der Waals surface area contributed by atoms with Crippen LogP contribution >= 0.6 is 0 Å². The maximum atomic E-state index is 12.3. The van der Waals surface area contributed by atoms with E-state index in [1.165, 1.54) is 16.4 Å². The number of amides is 1. The first-order valence-electron chi connectivity index (χ1n) is 7.87. The van der Waals surface area contributed by atoms with Crippen LogP contribution in [0.5, 0.6) is 5.75 Å². The van der Waals surface area contributed by atoms with Gasteiger partial charge in [0.2, 0.25) is 10.0 Å². The summed E-state index contributed by atoms with van der Waals surface area (Å²) in [5, 5.41) is 2.80. The zero-order chi connectivity index (χ0) is 17.5. The molecule has 1 aromatic carbocycles. The van der Waals surface area contributed by atoms with Crippen LogP contribution in [-0.2, 0) is 14.8 Å². The number of carbonyl (C=O) groups excluding carboxylic acids is 1. The zero-order valence-electron chi connectivity index (χ0n) is 14.2. The lowest BCUT2D eigenvalue weighted by atomic mass is 10.2. The quantitative estimate of drug-likeness (QED) is 0.745. The summed E-state index contributed by atoms with van der Waals surface area (Å²) >= 11 is 0. The Morgan fingerprint density at radius 3 is 2.22 bits per heavy atom. The molecule has 0 aliphatic rings. The standard InChI is InChI=1S/C16H26N2O4S/c1-5-13(4)17-16(19)12-22-14-8-10-15(11-9-14)23(20,21)18(6-2)7-3/h8-11,13H,5-7,12H2,1-4H3,(H,17,19)/t13-/m0/s1. The van der Waals surface area contributed by atoms with Crippen LogP contribution in [0.15, 0.2) is 29.2 Å². The molecule has 6 nitrogen and oxygen atoms in total. The Labute approximate surface area is 138 Å². The van der Waals surface area contributed by atoms with Crippen LogP contribution in [0.2, 0.25) is 0 Å². The SMILES string of the molecule is CC[C@H](C)NC(=O)COc1ccc(S(=O)(=O)N(CC)CC)cc1. The molecular weight excluding hydrogens is 316 g/mol. The molecule has 1 rings (SSSR count). The molecule has 23 heavy (non-hydrogen) atoms. The molecule has 0 bridgehead atoms. The molecule has 1 atom stereocenters. The predicted octanol–water partition coefficient (Wildman–Crippen LogP) is 2.01. The van der Waals surface area contributed by atoms with Gasteiger partial charge in [0.1, 0.15) is 5.75 Å². The molecule has 7 heteroatoms. The molecule has 0 aliphatic heterocycles. The number of ether oxygens (including phenoxy) is 1. The molecule has 0 unspecified atom stereocenters. The first-order chi connectivity index (χ1) is 10.8. The lowest BCUT2D eigenvalue weighted by Crippen LogP contribution is -2.35. The number of hydrogen-bond acceptors (Lipinski definition) is 4. The van der Waals surface area contributed by atoms with E-state index in [0.717, 1.165) is 6.42 Å². The Kier molecular flexibility index (Phi) is 7.51. The summed E-state index contributed by atoms with van der Waals surface area (Å²) in [5.41, 5.74) is 0. The molecule has 0 radical (unpaired) electrons. The van der Waals surface area contributed by atoms with E-state index in [0.29, 0.717) is 18.8 Å². The van der Waals surface area contributed by atoms with E-state index in [4.69, 9.17) is 4.74 Å². The molecule has 1 amide bonds. The number of carbonyl (C=O) groups is 1. The van der Waals surface area contributed by atoms with Gasteiger partial charge in [-0.05, 0) is 37.6 Å². The van der Waals surface area contributed by atoms with Crippen molar-refractivity contribution in [1.29, 1.82) is 0 Å². The second-order valence-electron chi connectivity index (χ2n) is 5.23. The highest BCUT2D eigenvalue weighted by Gasteiger charge is 2.21. The first-order valence-corrected chi connectivity index (χ1v) is 9.31. The molecule has 0 fully saturated rings. The topological polar surface area (TPSA) is 75.7 Å². The Morgan fingerprint density at radius 2 is 1.74 bits per heavy atom. The van der Waals surface area contributed by atoms with Crippen molar-refractivity contribution < 1.29 is 17.9 Å². The van der Waals surface area contributed by atoms with Crippen molar-refractivity contribution in [3.05, 3.63) is 24.3 Å². The Bertz CT molecular complexity index is 595. The summed E-state index contributed by atoms with van der Waals surface area (Å²) in [4.78, 5) is 11.9. The monoisotopic (exact) mass is 342 g/mol. The van der Waals surface area contributed by atoms with Gasteiger partial charge in [-0.2, -0.15) is 4.31 Å². The van der Waals surface area contributed by atoms with Crippen LogP contribution < -0.4 is 10.1 Å². The average molecular weight is 342 g/mol. The van der Waals surface area contributed by atoms with Gasteiger partial charge < -0.3 is 10.1 Å². The smallest absolute Gasteiger partial charge is 0.258 e. The fraction of sp³-hybridized carbons (Fsp3) is 0.562. The lowest BCUT2D eigenvalue weighted by molar-refractivity contribution is -0.123. The summed E-state index contributed by atoms with van der Waals surface area (Å²) < 4.78 is 31.5. The Hall–Kier alpha value is -1.60. The third-order valence-electron chi connectivity index (χ3n) is 3.56. The average Bonchev–Trinajstić information content (AvgIpc) is 2.54. The fourth-order valence-corrected chi connectivity index (χ4v) is 3.45. The van der Waals surface area contributed by atoms with E-state index in [-0.39, 0.29) is 23.5 Å². The van der Waals surface area contributed by atoms with E-state index in [1.54, 1.807) is 26.0 Å². The molecule has 0 saturated carbocycles. The summed E-state index contributed by atoms with van der Waals surface area (Å²) in [7, 11) is -3.47. The van der Waals surface area contributed by atoms with Crippen molar-refractivity contribution in [3.63, 3.8) is 0 Å². The zero-order valence-corrected chi connectivity index (χ0v) is 15.0. The third-order valence-corrected chi connectivity index (χ3v) is 5.62. The molecule has 0 saturated heterocycles. The van der Waals surface area contributed by atoms with Crippen LogP contribution in [-0.4, -0.2) is 44.4 Å². The van der Waals surface area contributed by atoms with E-state index >= 15 is 0 Å². The van der Waals surface area contributed by atoms with Crippen molar-refractivity contribution >= 4 is 15.9 Å². The molecule has 0 heterocycles. The molecule has 1 N–H and O–H groups in total. The summed E-state index contributed by atoms with van der Waals surface area (Å²) in [6.07, 6.45) is 0.851. The molecule has 0 aliphatic carbocycles. The van der Waals surface area contributed by atoms with Gasteiger partial charge in [-0.3, -0.25) is 4.79 Å². The van der Waals surface area contributed by atoms with E-state index < -0.39 is 10.0 Å². The molecule has 0 aromatic heterocycles. The minimum absolute atomic E-state index is 0.0908. The summed E-state index contributed by atoms with van der Waals surface area (Å²) in [6, 6.07) is 6.22. The van der Waals surface area contributed by atoms with Gasteiger partial charge >= 0.3 is 0 Å². The van der Waals surface area contributed by atoms with Crippen molar-refractivity contribution in [2.24, 2.45) is 0 Å². The van der Waals surface area contributed by atoms with Crippen LogP contribution in [0.4, 0.5) is 0 Å². The molecule has 1 aromatic rings. The maximum absolute atomic E-state index is 12.3. The number of rotatable bonds is 9. The van der Waals surface area contributed by atoms with Gasteiger partial charge in [0.05, 0.1) is 4.90 Å². The third kappa shape index (κ3) is 5.51. The molecule has 0 spiro atoms. The minimum Gasteiger partial charge on any atom is -0.484 e.